The summed E-state index contributed by atoms with van der Waals surface area (Å²) < 4.78 is 4.90. The minimum atomic E-state index is -2.08. The Morgan fingerprint density at radius 3 is 2.33 bits per heavy atom. The van der Waals surface area contributed by atoms with Crippen molar-refractivity contribution in [2.45, 2.75) is 51.6 Å². The Morgan fingerprint density at radius 1 is 1.10 bits per heavy atom. The summed E-state index contributed by atoms with van der Waals surface area (Å²) in [7, 11) is 0. The lowest BCUT2D eigenvalue weighted by Crippen LogP contribution is -2.47. The third kappa shape index (κ3) is 4.67. The fraction of sp³-hybridized carbons (Fsp3) is 0.529. The molecule has 4 heteroatoms. The lowest BCUT2D eigenvalue weighted by molar-refractivity contribution is -0.160. The van der Waals surface area contributed by atoms with Gasteiger partial charge in [0.1, 0.15) is 0 Å². The minimum absolute atomic E-state index is 0.0968. The second-order valence-corrected chi connectivity index (χ2v) is 5.09. The number of hydrogen-bond donors (Lipinski definition) is 1. The van der Waals surface area contributed by atoms with Gasteiger partial charge in [-0.25, -0.2) is 4.79 Å². The van der Waals surface area contributed by atoms with E-state index in [0.717, 1.165) is 19.3 Å². The third-order valence-electron chi connectivity index (χ3n) is 3.42. The summed E-state index contributed by atoms with van der Waals surface area (Å²) in [5.74, 6) is -1.44. The Morgan fingerprint density at radius 2 is 1.76 bits per heavy atom. The predicted octanol–water partition coefficient (Wildman–Crippen LogP) is 3.13. The molecule has 0 fully saturated rings. The standard InChI is InChI=1S/C17H24O4/c1-3-5-6-10-13-17(20,16(19)21-4-2)15(18)14-11-8-7-9-12-14/h7-9,11-12,20H,3-6,10,13H2,1-2H3. The summed E-state index contributed by atoms with van der Waals surface area (Å²) in [4.78, 5) is 24.5. The number of esters is 1. The Bertz CT molecular complexity index is 455. The van der Waals surface area contributed by atoms with Crippen molar-refractivity contribution >= 4 is 11.8 Å². The fourth-order valence-corrected chi connectivity index (χ4v) is 2.19. The Kier molecular flexibility index (Phi) is 7.09. The van der Waals surface area contributed by atoms with Gasteiger partial charge in [-0.2, -0.15) is 0 Å². The van der Waals surface area contributed by atoms with Crippen LogP contribution in [0.5, 0.6) is 0 Å². The third-order valence-corrected chi connectivity index (χ3v) is 3.42. The SMILES string of the molecule is CCCCCCC(O)(C(=O)OCC)C(=O)c1ccccc1. The zero-order valence-electron chi connectivity index (χ0n) is 12.8. The molecule has 0 heterocycles. The molecule has 116 valence electrons. The van der Waals surface area contributed by atoms with Crippen molar-refractivity contribution in [2.24, 2.45) is 0 Å². The van der Waals surface area contributed by atoms with Gasteiger partial charge in [-0.3, -0.25) is 4.79 Å². The van der Waals surface area contributed by atoms with E-state index in [1.54, 1.807) is 37.3 Å². The summed E-state index contributed by atoms with van der Waals surface area (Å²) in [6.07, 6.45) is 3.64. The minimum Gasteiger partial charge on any atom is -0.464 e. The van der Waals surface area contributed by atoms with Gasteiger partial charge in [-0.05, 0) is 19.8 Å². The molecule has 1 N–H and O–H groups in total. The largest absolute Gasteiger partial charge is 0.464 e. The van der Waals surface area contributed by atoms with Crippen molar-refractivity contribution in [3.8, 4) is 0 Å². The Hall–Kier alpha value is -1.68. The van der Waals surface area contributed by atoms with Crippen molar-refractivity contribution in [1.29, 1.82) is 0 Å². The van der Waals surface area contributed by atoms with E-state index in [4.69, 9.17) is 4.74 Å². The van der Waals surface area contributed by atoms with Gasteiger partial charge in [-0.1, -0.05) is 56.5 Å². The molecular weight excluding hydrogens is 268 g/mol. The second-order valence-electron chi connectivity index (χ2n) is 5.09. The van der Waals surface area contributed by atoms with Crippen LogP contribution in [0.25, 0.3) is 0 Å². The Balaban J connectivity index is 2.90. The zero-order valence-corrected chi connectivity index (χ0v) is 12.8. The highest BCUT2D eigenvalue weighted by Gasteiger charge is 2.45. The molecule has 0 amide bonds. The number of rotatable bonds is 9. The van der Waals surface area contributed by atoms with Crippen molar-refractivity contribution in [1.82, 2.24) is 0 Å². The Labute approximate surface area is 126 Å². The van der Waals surface area contributed by atoms with Gasteiger partial charge in [0.25, 0.3) is 0 Å². The van der Waals surface area contributed by atoms with Crippen LogP contribution in [0.15, 0.2) is 30.3 Å². The molecule has 1 rings (SSSR count). The molecule has 21 heavy (non-hydrogen) atoms. The number of unbranched alkanes of at least 4 members (excludes halogenated alkanes) is 3. The molecule has 0 bridgehead atoms. The summed E-state index contributed by atoms with van der Waals surface area (Å²) in [6.45, 7) is 3.87. The van der Waals surface area contributed by atoms with Gasteiger partial charge in [0.15, 0.2) is 0 Å². The molecule has 0 aliphatic carbocycles. The van der Waals surface area contributed by atoms with Crippen LogP contribution in [0.1, 0.15) is 56.3 Å². The van der Waals surface area contributed by atoms with Crippen LogP contribution in [0, 0.1) is 0 Å². The molecule has 0 saturated carbocycles. The maximum absolute atomic E-state index is 12.5. The number of carbonyl (C=O) groups is 2. The van der Waals surface area contributed by atoms with E-state index in [9.17, 15) is 14.7 Å². The second kappa shape index (κ2) is 8.57. The first-order valence-corrected chi connectivity index (χ1v) is 7.55. The highest BCUT2D eigenvalue weighted by atomic mass is 16.5. The number of benzene rings is 1. The monoisotopic (exact) mass is 292 g/mol. The van der Waals surface area contributed by atoms with Crippen LogP contribution in [-0.4, -0.2) is 29.1 Å². The highest BCUT2D eigenvalue weighted by molar-refractivity contribution is 6.15. The molecule has 1 atom stereocenters. The van der Waals surface area contributed by atoms with Gasteiger partial charge < -0.3 is 9.84 Å². The zero-order chi connectivity index (χ0) is 15.7. The quantitative estimate of drug-likeness (QED) is 0.329. The highest BCUT2D eigenvalue weighted by Crippen LogP contribution is 2.23. The molecule has 0 saturated heterocycles. The lowest BCUT2D eigenvalue weighted by Gasteiger charge is -2.24. The van der Waals surface area contributed by atoms with Crippen molar-refractivity contribution in [3.63, 3.8) is 0 Å². The van der Waals surface area contributed by atoms with E-state index >= 15 is 0 Å². The van der Waals surface area contributed by atoms with Crippen molar-refractivity contribution in [3.05, 3.63) is 35.9 Å². The van der Waals surface area contributed by atoms with E-state index in [2.05, 4.69) is 6.92 Å². The average Bonchev–Trinajstić information content (AvgIpc) is 2.51. The number of ketones is 1. The topological polar surface area (TPSA) is 63.6 Å². The van der Waals surface area contributed by atoms with Crippen molar-refractivity contribution < 1.29 is 19.4 Å². The first kappa shape index (κ1) is 17.4. The summed E-state index contributed by atoms with van der Waals surface area (Å²) in [5, 5.41) is 10.6. The van der Waals surface area contributed by atoms with Crippen LogP contribution in [-0.2, 0) is 9.53 Å². The van der Waals surface area contributed by atoms with Gasteiger partial charge in [-0.15, -0.1) is 0 Å². The first-order chi connectivity index (χ1) is 10.1. The van der Waals surface area contributed by atoms with Crippen LogP contribution in [0.2, 0.25) is 0 Å². The lowest BCUT2D eigenvalue weighted by atomic mass is 9.87. The fourth-order valence-electron chi connectivity index (χ4n) is 2.19. The molecule has 1 aromatic carbocycles. The number of Topliss-reactive ketones (excluding diaryl/α,β-unsaturated/α-hetero) is 1. The molecule has 0 aliphatic rings. The maximum atomic E-state index is 12.5. The van der Waals surface area contributed by atoms with Gasteiger partial charge in [0.05, 0.1) is 6.61 Å². The van der Waals surface area contributed by atoms with Gasteiger partial charge in [0, 0.05) is 5.56 Å². The summed E-state index contributed by atoms with van der Waals surface area (Å²) in [5.41, 5.74) is -1.76. The molecule has 0 radical (unpaired) electrons. The summed E-state index contributed by atoms with van der Waals surface area (Å²) >= 11 is 0. The smallest absolute Gasteiger partial charge is 0.346 e. The van der Waals surface area contributed by atoms with E-state index < -0.39 is 17.4 Å². The van der Waals surface area contributed by atoms with Crippen LogP contribution in [0.3, 0.4) is 0 Å². The molecule has 0 spiro atoms. The van der Waals surface area contributed by atoms with Crippen LogP contribution in [0.4, 0.5) is 0 Å². The molecule has 4 nitrogen and oxygen atoms in total. The van der Waals surface area contributed by atoms with Gasteiger partial charge in [0.2, 0.25) is 11.4 Å². The molecule has 1 unspecified atom stereocenters. The molecule has 0 aromatic heterocycles. The predicted molar refractivity (Wildman–Crippen MR) is 81.1 cm³/mol. The number of hydrogen-bond acceptors (Lipinski definition) is 4. The molecule has 1 aromatic rings. The first-order valence-electron chi connectivity index (χ1n) is 7.55. The number of carbonyl (C=O) groups excluding carboxylic acids is 2. The molecule has 0 aliphatic heterocycles. The number of aliphatic hydroxyl groups is 1. The summed E-state index contributed by atoms with van der Waals surface area (Å²) in [6, 6.07) is 8.38. The van der Waals surface area contributed by atoms with Crippen LogP contribution >= 0.6 is 0 Å². The molecular formula is C17H24O4. The number of ether oxygens (including phenoxy) is 1. The van der Waals surface area contributed by atoms with E-state index in [0.29, 0.717) is 12.0 Å². The van der Waals surface area contributed by atoms with E-state index in [-0.39, 0.29) is 13.0 Å². The maximum Gasteiger partial charge on any atom is 0.346 e. The van der Waals surface area contributed by atoms with E-state index in [1.165, 1.54) is 0 Å². The van der Waals surface area contributed by atoms with Gasteiger partial charge >= 0.3 is 5.97 Å². The normalized spacial score (nSPS) is 13.5. The van der Waals surface area contributed by atoms with Crippen LogP contribution < -0.4 is 0 Å². The average molecular weight is 292 g/mol. The van der Waals surface area contributed by atoms with E-state index in [1.807, 2.05) is 0 Å². The van der Waals surface area contributed by atoms with Crippen molar-refractivity contribution in [2.75, 3.05) is 6.61 Å².